The molecule has 0 spiro atoms. The van der Waals surface area contributed by atoms with E-state index in [9.17, 15) is 14.4 Å². The molecule has 0 aromatic heterocycles. The molecule has 3 aromatic rings. The van der Waals surface area contributed by atoms with Crippen molar-refractivity contribution in [1.29, 1.82) is 0 Å². The SMILES string of the molecule is COC(=O)c1ccc(CN2C(=O)c3ccc(Cl)cc3CC(=O)[C@H]2C)cc1OCc1ccc(OC)cc1. The third-order valence-corrected chi connectivity index (χ3v) is 6.45. The van der Waals surface area contributed by atoms with E-state index in [0.717, 1.165) is 11.3 Å². The fraction of sp³-hybridized carbons (Fsp3) is 0.250. The molecule has 36 heavy (non-hydrogen) atoms. The monoisotopic (exact) mass is 507 g/mol. The van der Waals surface area contributed by atoms with Gasteiger partial charge in [-0.05, 0) is 66.1 Å². The van der Waals surface area contributed by atoms with Gasteiger partial charge in [-0.15, -0.1) is 0 Å². The molecule has 1 atom stereocenters. The third kappa shape index (κ3) is 5.36. The number of amides is 1. The zero-order valence-electron chi connectivity index (χ0n) is 20.2. The van der Waals surface area contributed by atoms with Crippen molar-refractivity contribution in [2.24, 2.45) is 0 Å². The van der Waals surface area contributed by atoms with Crippen LogP contribution in [0.3, 0.4) is 0 Å². The fourth-order valence-corrected chi connectivity index (χ4v) is 4.30. The number of rotatable bonds is 7. The summed E-state index contributed by atoms with van der Waals surface area (Å²) in [6.45, 7) is 2.09. The van der Waals surface area contributed by atoms with Gasteiger partial charge in [0.2, 0.25) is 0 Å². The van der Waals surface area contributed by atoms with Crippen molar-refractivity contribution in [1.82, 2.24) is 4.90 Å². The number of carbonyl (C=O) groups excluding carboxylic acids is 3. The van der Waals surface area contributed by atoms with Crippen molar-refractivity contribution < 1.29 is 28.6 Å². The predicted molar refractivity (Wildman–Crippen MR) is 135 cm³/mol. The van der Waals surface area contributed by atoms with E-state index in [2.05, 4.69) is 0 Å². The lowest BCUT2D eigenvalue weighted by Crippen LogP contribution is -2.41. The van der Waals surface area contributed by atoms with Gasteiger partial charge in [-0.2, -0.15) is 0 Å². The number of Topliss-reactive ketones (excluding diaryl/α,β-unsaturated/α-hetero) is 1. The van der Waals surface area contributed by atoms with Gasteiger partial charge in [-0.25, -0.2) is 4.79 Å². The smallest absolute Gasteiger partial charge is 0.341 e. The largest absolute Gasteiger partial charge is 0.497 e. The van der Waals surface area contributed by atoms with Gasteiger partial charge >= 0.3 is 5.97 Å². The minimum absolute atomic E-state index is 0.0773. The summed E-state index contributed by atoms with van der Waals surface area (Å²) in [7, 11) is 2.90. The van der Waals surface area contributed by atoms with Crippen molar-refractivity contribution >= 4 is 29.3 Å². The van der Waals surface area contributed by atoms with Gasteiger partial charge < -0.3 is 19.1 Å². The number of benzene rings is 3. The molecule has 1 amide bonds. The molecule has 8 heteroatoms. The molecule has 0 bridgehead atoms. The molecule has 0 aliphatic carbocycles. The van der Waals surface area contributed by atoms with Crippen LogP contribution in [0.4, 0.5) is 0 Å². The highest BCUT2D eigenvalue weighted by Crippen LogP contribution is 2.28. The standard InChI is InChI=1S/C28H26ClNO6/c1-17-25(31)14-20-13-21(29)7-11-23(20)27(32)30(17)15-19-6-10-24(28(33)35-3)26(12-19)36-16-18-4-8-22(34-2)9-5-18/h4-13,17H,14-16H2,1-3H3/t17-/m1/s1. The minimum atomic E-state index is -0.632. The lowest BCUT2D eigenvalue weighted by Gasteiger charge is -2.27. The maximum Gasteiger partial charge on any atom is 0.341 e. The molecule has 4 rings (SSSR count). The number of halogens is 1. The van der Waals surface area contributed by atoms with Gasteiger partial charge in [-0.3, -0.25) is 9.59 Å². The summed E-state index contributed by atoms with van der Waals surface area (Å²) in [6, 6.07) is 16.8. The predicted octanol–water partition coefficient (Wildman–Crippen LogP) is 4.87. The first-order valence-electron chi connectivity index (χ1n) is 11.4. The van der Waals surface area contributed by atoms with Crippen LogP contribution in [-0.4, -0.2) is 42.8 Å². The number of hydrogen-bond donors (Lipinski definition) is 0. The second-order valence-electron chi connectivity index (χ2n) is 8.51. The molecule has 1 heterocycles. The van der Waals surface area contributed by atoms with Crippen LogP contribution in [0.2, 0.25) is 5.02 Å². The summed E-state index contributed by atoms with van der Waals surface area (Å²) >= 11 is 6.09. The van der Waals surface area contributed by atoms with Crippen LogP contribution in [0.5, 0.6) is 11.5 Å². The molecule has 0 fully saturated rings. The van der Waals surface area contributed by atoms with E-state index >= 15 is 0 Å². The number of esters is 1. The van der Waals surface area contributed by atoms with E-state index in [1.165, 1.54) is 12.0 Å². The van der Waals surface area contributed by atoms with Crippen molar-refractivity contribution in [3.8, 4) is 11.5 Å². The van der Waals surface area contributed by atoms with Gasteiger partial charge in [0, 0.05) is 23.6 Å². The first-order valence-corrected chi connectivity index (χ1v) is 11.8. The number of methoxy groups -OCH3 is 2. The van der Waals surface area contributed by atoms with Gasteiger partial charge in [-0.1, -0.05) is 29.8 Å². The summed E-state index contributed by atoms with van der Waals surface area (Å²) in [5, 5.41) is 0.479. The van der Waals surface area contributed by atoms with Crippen LogP contribution >= 0.6 is 11.6 Å². The van der Waals surface area contributed by atoms with Crippen LogP contribution < -0.4 is 9.47 Å². The normalized spacial score (nSPS) is 15.2. The van der Waals surface area contributed by atoms with Crippen LogP contribution in [0, 0.1) is 0 Å². The van der Waals surface area contributed by atoms with Crippen LogP contribution in [0.1, 0.15) is 44.3 Å². The van der Waals surface area contributed by atoms with E-state index < -0.39 is 12.0 Å². The molecule has 0 saturated heterocycles. The van der Waals surface area contributed by atoms with Crippen molar-refractivity contribution in [2.45, 2.75) is 32.5 Å². The highest BCUT2D eigenvalue weighted by atomic mass is 35.5. The summed E-state index contributed by atoms with van der Waals surface area (Å²) in [5.41, 5.74) is 2.93. The van der Waals surface area contributed by atoms with E-state index in [0.29, 0.717) is 27.5 Å². The van der Waals surface area contributed by atoms with E-state index in [-0.39, 0.29) is 36.8 Å². The Bertz CT molecular complexity index is 1300. The van der Waals surface area contributed by atoms with Crippen molar-refractivity contribution in [3.63, 3.8) is 0 Å². The van der Waals surface area contributed by atoms with E-state index in [1.54, 1.807) is 50.4 Å². The Labute approximate surface area is 214 Å². The topological polar surface area (TPSA) is 82.1 Å². The number of fused-ring (bicyclic) bond motifs is 1. The number of ketones is 1. The molecular weight excluding hydrogens is 482 g/mol. The average molecular weight is 508 g/mol. The molecule has 1 aliphatic rings. The fourth-order valence-electron chi connectivity index (χ4n) is 4.11. The first-order chi connectivity index (χ1) is 17.3. The lowest BCUT2D eigenvalue weighted by molar-refractivity contribution is -0.122. The second kappa shape index (κ2) is 10.8. The molecule has 0 N–H and O–H groups in total. The molecular formula is C28H26ClNO6. The van der Waals surface area contributed by atoms with Gasteiger partial charge in [0.25, 0.3) is 5.91 Å². The summed E-state index contributed by atoms with van der Waals surface area (Å²) < 4.78 is 16.1. The highest BCUT2D eigenvalue weighted by Gasteiger charge is 2.32. The van der Waals surface area contributed by atoms with Crippen LogP contribution in [-0.2, 0) is 29.1 Å². The number of nitrogens with zero attached hydrogens (tertiary/aromatic N) is 1. The molecule has 1 aliphatic heterocycles. The minimum Gasteiger partial charge on any atom is -0.497 e. The summed E-state index contributed by atoms with van der Waals surface area (Å²) in [5.74, 6) is 0.185. The molecule has 0 saturated carbocycles. The van der Waals surface area contributed by atoms with E-state index in [1.807, 2.05) is 24.3 Å². The number of hydrogen-bond acceptors (Lipinski definition) is 6. The quantitative estimate of drug-likeness (QED) is 0.424. The zero-order chi connectivity index (χ0) is 25.8. The van der Waals surface area contributed by atoms with Gasteiger partial charge in [0.1, 0.15) is 23.7 Å². The Balaban J connectivity index is 1.62. The summed E-state index contributed by atoms with van der Waals surface area (Å²) in [4.78, 5) is 40.1. The lowest BCUT2D eigenvalue weighted by atomic mass is 10.0. The Kier molecular flexibility index (Phi) is 7.60. The van der Waals surface area contributed by atoms with E-state index in [4.69, 9.17) is 25.8 Å². The van der Waals surface area contributed by atoms with Crippen molar-refractivity contribution in [2.75, 3.05) is 14.2 Å². The average Bonchev–Trinajstić information content (AvgIpc) is 2.97. The highest BCUT2D eigenvalue weighted by molar-refractivity contribution is 6.30. The zero-order valence-corrected chi connectivity index (χ0v) is 21.0. The third-order valence-electron chi connectivity index (χ3n) is 6.21. The van der Waals surface area contributed by atoms with Gasteiger partial charge in [0.15, 0.2) is 5.78 Å². The number of ether oxygens (including phenoxy) is 3. The van der Waals surface area contributed by atoms with Gasteiger partial charge in [0.05, 0.1) is 20.3 Å². The second-order valence-corrected chi connectivity index (χ2v) is 8.95. The maximum atomic E-state index is 13.4. The first kappa shape index (κ1) is 25.3. The number of carbonyl (C=O) groups is 3. The van der Waals surface area contributed by atoms with Crippen molar-refractivity contribution in [3.05, 3.63) is 93.5 Å². The Morgan fingerprint density at radius 1 is 1.00 bits per heavy atom. The molecule has 0 radical (unpaired) electrons. The molecule has 0 unspecified atom stereocenters. The Morgan fingerprint density at radius 3 is 2.42 bits per heavy atom. The molecule has 186 valence electrons. The molecule has 7 nitrogen and oxygen atoms in total. The summed E-state index contributed by atoms with van der Waals surface area (Å²) in [6.07, 6.45) is 0.136. The Morgan fingerprint density at radius 2 is 1.72 bits per heavy atom. The molecule has 3 aromatic carbocycles. The van der Waals surface area contributed by atoms with Crippen LogP contribution in [0.25, 0.3) is 0 Å². The maximum absolute atomic E-state index is 13.4. The van der Waals surface area contributed by atoms with Crippen LogP contribution in [0.15, 0.2) is 60.7 Å². The Hall–Kier alpha value is -3.84.